The second-order valence-electron chi connectivity index (χ2n) is 2.13. The summed E-state index contributed by atoms with van der Waals surface area (Å²) in [5, 5.41) is 0. The first-order valence-corrected chi connectivity index (χ1v) is 3.72. The van der Waals surface area contributed by atoms with E-state index in [9.17, 15) is 0 Å². The van der Waals surface area contributed by atoms with Crippen molar-refractivity contribution < 1.29 is 4.74 Å². The fourth-order valence-corrected chi connectivity index (χ4v) is 0.635. The monoisotopic (exact) mass is 139 g/mol. The van der Waals surface area contributed by atoms with E-state index in [1.807, 2.05) is 0 Å². The minimum absolute atomic E-state index is 0.774. The molecule has 0 unspecified atom stereocenters. The maximum atomic E-state index is 5.20. The van der Waals surface area contributed by atoms with Crippen molar-refractivity contribution in [3.8, 4) is 12.3 Å². The Bertz CT molecular complexity index is 91.4. The molecule has 0 aromatic heterocycles. The van der Waals surface area contributed by atoms with Crippen molar-refractivity contribution in [2.45, 2.75) is 25.7 Å². The molecule has 1 radical (unpaired) electrons. The summed E-state index contributed by atoms with van der Waals surface area (Å²) in [4.78, 5) is 0. The first kappa shape index (κ1) is 9.52. The quantitative estimate of drug-likeness (QED) is 0.404. The van der Waals surface area contributed by atoms with E-state index >= 15 is 0 Å². The Morgan fingerprint density at radius 1 is 1.30 bits per heavy atom. The first-order chi connectivity index (χ1) is 4.91. The molecule has 0 fully saturated rings. The lowest BCUT2D eigenvalue weighted by molar-refractivity contribution is 0.135. The fraction of sp³-hybridized carbons (Fsp3) is 0.667. The van der Waals surface area contributed by atoms with E-state index in [0.717, 1.165) is 38.9 Å². The lowest BCUT2D eigenvalue weighted by Gasteiger charge is -1.99. The molecule has 1 nitrogen and oxygen atoms in total. The van der Waals surface area contributed by atoms with Crippen LogP contribution in [-0.2, 0) is 4.74 Å². The van der Waals surface area contributed by atoms with E-state index in [-0.39, 0.29) is 0 Å². The maximum Gasteiger partial charge on any atom is 0.0466 e. The Labute approximate surface area is 63.8 Å². The smallest absolute Gasteiger partial charge is 0.0466 e. The highest BCUT2D eigenvalue weighted by molar-refractivity contribution is 4.82. The third-order valence-corrected chi connectivity index (χ3v) is 1.15. The van der Waals surface area contributed by atoms with Crippen LogP contribution in [0.25, 0.3) is 0 Å². The van der Waals surface area contributed by atoms with Gasteiger partial charge in [0.2, 0.25) is 0 Å². The van der Waals surface area contributed by atoms with Crippen molar-refractivity contribution in [2.24, 2.45) is 0 Å². The molecule has 0 rings (SSSR count). The summed E-state index contributed by atoms with van der Waals surface area (Å²) < 4.78 is 5.20. The molecule has 0 aliphatic heterocycles. The van der Waals surface area contributed by atoms with Gasteiger partial charge in [0.15, 0.2) is 0 Å². The molecule has 57 valence electrons. The average molecular weight is 139 g/mol. The zero-order valence-corrected chi connectivity index (χ0v) is 6.44. The summed E-state index contributed by atoms with van der Waals surface area (Å²) in [5.41, 5.74) is 0. The molecule has 0 atom stereocenters. The molecule has 0 aliphatic rings. The Morgan fingerprint density at radius 2 is 2.10 bits per heavy atom. The average Bonchev–Trinajstić information content (AvgIpc) is 1.97. The molecule has 0 aromatic carbocycles. The molecule has 10 heavy (non-hydrogen) atoms. The highest BCUT2D eigenvalue weighted by Gasteiger charge is 1.85. The number of unbranched alkanes of at least 4 members (excludes halogenated alkanes) is 2. The minimum atomic E-state index is 0.774. The molecular weight excluding hydrogens is 124 g/mol. The van der Waals surface area contributed by atoms with Crippen LogP contribution in [0.4, 0.5) is 0 Å². The lowest BCUT2D eigenvalue weighted by Crippen LogP contribution is -1.94. The van der Waals surface area contributed by atoms with E-state index in [1.54, 1.807) is 0 Å². The molecule has 0 bridgehead atoms. The maximum absolute atomic E-state index is 5.20. The Hall–Kier alpha value is -0.480. The fourth-order valence-electron chi connectivity index (χ4n) is 0.635. The summed E-state index contributed by atoms with van der Waals surface area (Å²) in [7, 11) is 0. The van der Waals surface area contributed by atoms with Gasteiger partial charge in [0.1, 0.15) is 0 Å². The molecule has 0 saturated heterocycles. The van der Waals surface area contributed by atoms with E-state index in [2.05, 4.69) is 12.8 Å². The van der Waals surface area contributed by atoms with Gasteiger partial charge >= 0.3 is 0 Å². The SMILES string of the molecule is C#CCCCCOCC[CH2]. The highest BCUT2D eigenvalue weighted by Crippen LogP contribution is 1.94. The van der Waals surface area contributed by atoms with Gasteiger partial charge in [-0.1, -0.05) is 6.92 Å². The topological polar surface area (TPSA) is 9.23 Å². The van der Waals surface area contributed by atoms with Crippen LogP contribution in [0.2, 0.25) is 0 Å². The number of ether oxygens (including phenoxy) is 1. The predicted molar refractivity (Wildman–Crippen MR) is 43.5 cm³/mol. The van der Waals surface area contributed by atoms with Crippen LogP contribution in [-0.4, -0.2) is 13.2 Å². The van der Waals surface area contributed by atoms with Crippen LogP contribution >= 0.6 is 0 Å². The van der Waals surface area contributed by atoms with Gasteiger partial charge in [-0.2, -0.15) is 0 Å². The van der Waals surface area contributed by atoms with Gasteiger partial charge in [0.25, 0.3) is 0 Å². The van der Waals surface area contributed by atoms with Gasteiger partial charge in [-0.05, 0) is 19.3 Å². The van der Waals surface area contributed by atoms with Crippen molar-refractivity contribution >= 4 is 0 Å². The minimum Gasteiger partial charge on any atom is -0.381 e. The normalized spacial score (nSPS) is 9.20. The summed E-state index contributed by atoms with van der Waals surface area (Å²) in [6.45, 7) is 5.27. The van der Waals surface area contributed by atoms with Crippen molar-refractivity contribution in [2.75, 3.05) is 13.2 Å². The molecule has 0 spiro atoms. The van der Waals surface area contributed by atoms with E-state index in [4.69, 9.17) is 11.2 Å². The zero-order chi connectivity index (χ0) is 7.66. The second-order valence-corrected chi connectivity index (χ2v) is 2.13. The number of hydrogen-bond acceptors (Lipinski definition) is 1. The molecule has 0 amide bonds. The molecule has 1 heteroatoms. The lowest BCUT2D eigenvalue weighted by atomic mass is 10.2. The Kier molecular flexibility index (Phi) is 8.11. The van der Waals surface area contributed by atoms with Crippen LogP contribution in [0.1, 0.15) is 25.7 Å². The third-order valence-electron chi connectivity index (χ3n) is 1.15. The second kappa shape index (κ2) is 8.52. The highest BCUT2D eigenvalue weighted by atomic mass is 16.5. The van der Waals surface area contributed by atoms with E-state index in [1.165, 1.54) is 0 Å². The Balaban J connectivity index is 2.72. The van der Waals surface area contributed by atoms with Crippen molar-refractivity contribution in [3.63, 3.8) is 0 Å². The van der Waals surface area contributed by atoms with E-state index in [0.29, 0.717) is 0 Å². The number of hydrogen-bond donors (Lipinski definition) is 0. The third kappa shape index (κ3) is 7.52. The van der Waals surface area contributed by atoms with Gasteiger partial charge < -0.3 is 4.74 Å². The molecule has 0 saturated carbocycles. The molecule has 0 aromatic rings. The van der Waals surface area contributed by atoms with Crippen LogP contribution in [0.5, 0.6) is 0 Å². The van der Waals surface area contributed by atoms with Crippen LogP contribution in [0, 0.1) is 19.3 Å². The van der Waals surface area contributed by atoms with Crippen molar-refractivity contribution in [1.82, 2.24) is 0 Å². The summed E-state index contributed by atoms with van der Waals surface area (Å²) in [5.74, 6) is 2.59. The van der Waals surface area contributed by atoms with Crippen LogP contribution in [0.15, 0.2) is 0 Å². The first-order valence-electron chi connectivity index (χ1n) is 3.72. The van der Waals surface area contributed by atoms with Gasteiger partial charge in [-0.15, -0.1) is 12.3 Å². The summed E-state index contributed by atoms with van der Waals surface area (Å²) >= 11 is 0. The largest absolute Gasteiger partial charge is 0.381 e. The molecular formula is C9H15O. The number of rotatable bonds is 6. The van der Waals surface area contributed by atoms with Gasteiger partial charge in [-0.25, -0.2) is 0 Å². The summed E-state index contributed by atoms with van der Waals surface area (Å²) in [6, 6.07) is 0. The van der Waals surface area contributed by atoms with Gasteiger partial charge in [0.05, 0.1) is 0 Å². The molecule has 0 heterocycles. The Morgan fingerprint density at radius 3 is 2.70 bits per heavy atom. The standard InChI is InChI=1S/C9H15O/c1-3-5-6-7-9-10-8-4-2/h1H,2,4-9H2. The van der Waals surface area contributed by atoms with Crippen LogP contribution < -0.4 is 0 Å². The number of terminal acetylenes is 1. The van der Waals surface area contributed by atoms with Crippen molar-refractivity contribution in [1.29, 1.82) is 0 Å². The van der Waals surface area contributed by atoms with Crippen molar-refractivity contribution in [3.05, 3.63) is 6.92 Å². The zero-order valence-electron chi connectivity index (χ0n) is 6.44. The summed E-state index contributed by atoms with van der Waals surface area (Å²) in [6.07, 6.45) is 8.94. The molecule has 0 N–H and O–H groups in total. The molecule has 0 aliphatic carbocycles. The van der Waals surface area contributed by atoms with Crippen LogP contribution in [0.3, 0.4) is 0 Å². The van der Waals surface area contributed by atoms with E-state index < -0.39 is 0 Å². The predicted octanol–water partition coefficient (Wildman–Crippen LogP) is 2.03. The van der Waals surface area contributed by atoms with Gasteiger partial charge in [-0.3, -0.25) is 0 Å². The van der Waals surface area contributed by atoms with Gasteiger partial charge in [0, 0.05) is 19.6 Å².